The minimum Gasteiger partial charge on any atom is -0.367 e. The van der Waals surface area contributed by atoms with Gasteiger partial charge in [-0.2, -0.15) is 5.10 Å². The first-order valence-corrected chi connectivity index (χ1v) is 10.6. The molecule has 1 aliphatic rings. The highest BCUT2D eigenvalue weighted by Crippen LogP contribution is 2.30. The fourth-order valence-electron chi connectivity index (χ4n) is 3.69. The van der Waals surface area contributed by atoms with Crippen LogP contribution in [0.5, 0.6) is 0 Å². The smallest absolute Gasteiger partial charge is 0.280 e. The van der Waals surface area contributed by atoms with Crippen molar-refractivity contribution in [1.82, 2.24) is 14.7 Å². The molecule has 0 spiro atoms. The Labute approximate surface area is 190 Å². The van der Waals surface area contributed by atoms with E-state index in [2.05, 4.69) is 27.3 Å². The number of anilines is 2. The highest BCUT2D eigenvalue weighted by atomic mass is 35.5. The molecule has 1 N–H and O–H groups in total. The predicted octanol–water partition coefficient (Wildman–Crippen LogP) is 3.34. The van der Waals surface area contributed by atoms with Crippen LogP contribution in [0, 0.1) is 12.7 Å². The van der Waals surface area contributed by atoms with Crippen LogP contribution < -0.4 is 15.6 Å². The minimum atomic E-state index is -0.683. The van der Waals surface area contributed by atoms with Crippen LogP contribution in [0.25, 0.3) is 5.69 Å². The molecule has 1 amide bonds. The first-order valence-electron chi connectivity index (χ1n) is 10.2. The molecular formula is C23H23ClFN5O2. The average molecular weight is 456 g/mol. The van der Waals surface area contributed by atoms with Gasteiger partial charge in [-0.15, -0.1) is 0 Å². The lowest BCUT2D eigenvalue weighted by Gasteiger charge is -2.35. The topological polar surface area (TPSA) is 70.5 Å². The third kappa shape index (κ3) is 4.51. The Balaban J connectivity index is 1.68. The summed E-state index contributed by atoms with van der Waals surface area (Å²) < 4.78 is 15.6. The second-order valence-electron chi connectivity index (χ2n) is 7.77. The third-order valence-electron chi connectivity index (χ3n) is 5.45. The van der Waals surface area contributed by atoms with E-state index >= 15 is 0 Å². The zero-order valence-electron chi connectivity index (χ0n) is 17.8. The van der Waals surface area contributed by atoms with Crippen LogP contribution in [-0.4, -0.2) is 53.8 Å². The van der Waals surface area contributed by atoms with Crippen LogP contribution >= 0.6 is 11.6 Å². The van der Waals surface area contributed by atoms with E-state index in [1.165, 1.54) is 22.9 Å². The van der Waals surface area contributed by atoms with Gasteiger partial charge >= 0.3 is 0 Å². The zero-order valence-corrected chi connectivity index (χ0v) is 18.6. The largest absolute Gasteiger partial charge is 0.367 e. The molecule has 9 heteroatoms. The lowest BCUT2D eigenvalue weighted by atomic mass is 10.2. The first kappa shape index (κ1) is 22.0. The van der Waals surface area contributed by atoms with E-state index in [0.29, 0.717) is 16.4 Å². The van der Waals surface area contributed by atoms with E-state index in [4.69, 9.17) is 11.6 Å². The van der Waals surface area contributed by atoms with Crippen LogP contribution in [-0.2, 0) is 0 Å². The summed E-state index contributed by atoms with van der Waals surface area (Å²) in [5, 5.41) is 7.41. The highest BCUT2D eigenvalue weighted by molar-refractivity contribution is 6.31. The Morgan fingerprint density at radius 3 is 2.50 bits per heavy atom. The summed E-state index contributed by atoms with van der Waals surface area (Å²) in [6.07, 6.45) is 0. The second-order valence-corrected chi connectivity index (χ2v) is 8.20. The molecule has 32 heavy (non-hydrogen) atoms. The molecule has 4 rings (SSSR count). The van der Waals surface area contributed by atoms with Gasteiger partial charge in [-0.1, -0.05) is 23.7 Å². The number of nitrogens with zero attached hydrogens (tertiary/aromatic N) is 4. The number of piperazine rings is 1. The molecule has 0 saturated carbocycles. The Hall–Kier alpha value is -3.23. The number of benzene rings is 2. The van der Waals surface area contributed by atoms with Crippen molar-refractivity contribution in [2.24, 2.45) is 0 Å². The van der Waals surface area contributed by atoms with E-state index in [-0.39, 0.29) is 11.4 Å². The summed E-state index contributed by atoms with van der Waals surface area (Å²) in [6.45, 7) is 5.00. The number of carbonyl (C=O) groups is 1. The van der Waals surface area contributed by atoms with Gasteiger partial charge in [0.2, 0.25) is 5.43 Å². The van der Waals surface area contributed by atoms with E-state index in [9.17, 15) is 14.0 Å². The number of aromatic nitrogens is 2. The lowest BCUT2D eigenvalue weighted by molar-refractivity contribution is 0.101. The van der Waals surface area contributed by atoms with Crippen molar-refractivity contribution in [3.63, 3.8) is 0 Å². The molecule has 1 aromatic heterocycles. The maximum Gasteiger partial charge on any atom is 0.280 e. The number of hydrogen-bond donors (Lipinski definition) is 1. The molecule has 7 nitrogen and oxygen atoms in total. The van der Waals surface area contributed by atoms with E-state index in [1.807, 2.05) is 6.07 Å². The van der Waals surface area contributed by atoms with E-state index in [0.717, 1.165) is 31.9 Å². The monoisotopic (exact) mass is 455 g/mol. The summed E-state index contributed by atoms with van der Waals surface area (Å²) in [7, 11) is 2.06. The number of amides is 1. The number of likely N-dealkylation sites (N-methyl/N-ethyl adjacent to an activating group) is 1. The Bertz CT molecular complexity index is 1220. The molecule has 1 aliphatic heterocycles. The van der Waals surface area contributed by atoms with Crippen molar-refractivity contribution in [2.45, 2.75) is 6.92 Å². The summed E-state index contributed by atoms with van der Waals surface area (Å²) in [4.78, 5) is 30.0. The normalized spacial score (nSPS) is 14.4. The van der Waals surface area contributed by atoms with Crippen molar-refractivity contribution in [1.29, 1.82) is 0 Å². The third-order valence-corrected chi connectivity index (χ3v) is 5.69. The zero-order chi connectivity index (χ0) is 22.8. The molecule has 0 aliphatic carbocycles. The van der Waals surface area contributed by atoms with Crippen LogP contribution in [0.4, 0.5) is 15.8 Å². The van der Waals surface area contributed by atoms with Crippen LogP contribution in [0.3, 0.4) is 0 Å². The number of para-hydroxylation sites is 1. The molecule has 2 heterocycles. The summed E-state index contributed by atoms with van der Waals surface area (Å²) in [6, 6.07) is 12.6. The second kappa shape index (κ2) is 9.10. The van der Waals surface area contributed by atoms with Gasteiger partial charge in [-0.3, -0.25) is 9.59 Å². The quantitative estimate of drug-likeness (QED) is 0.653. The van der Waals surface area contributed by atoms with Crippen molar-refractivity contribution < 1.29 is 9.18 Å². The number of carbonyl (C=O) groups excluding carboxylic acids is 1. The van der Waals surface area contributed by atoms with Gasteiger partial charge in [-0.25, -0.2) is 9.07 Å². The van der Waals surface area contributed by atoms with Crippen LogP contribution in [0.15, 0.2) is 53.3 Å². The first-order chi connectivity index (χ1) is 15.3. The summed E-state index contributed by atoms with van der Waals surface area (Å²) in [5.74, 6) is -1.19. The van der Waals surface area contributed by atoms with Gasteiger partial charge in [0.25, 0.3) is 5.91 Å². The van der Waals surface area contributed by atoms with E-state index in [1.54, 1.807) is 31.2 Å². The molecule has 1 fully saturated rings. The standard InChI is InChI=1S/C23H23ClFN5O2/c1-15-13-21(31)22(27-30(15)19-6-4-3-5-17(19)25)23(32)26-18-14-16(24)7-8-20(18)29-11-9-28(2)10-12-29/h3-8,13-14H,9-12H2,1-2H3,(H,26,32). The maximum atomic E-state index is 14.3. The minimum absolute atomic E-state index is 0.153. The molecule has 0 radical (unpaired) electrons. The molecule has 1 saturated heterocycles. The van der Waals surface area contributed by atoms with Crippen molar-refractivity contribution in [3.05, 3.63) is 81.0 Å². The molecule has 3 aromatic rings. The van der Waals surface area contributed by atoms with Crippen molar-refractivity contribution in [3.8, 4) is 5.69 Å². The summed E-state index contributed by atoms with van der Waals surface area (Å²) in [5.41, 5.74) is 1.00. The SMILES string of the molecule is Cc1cc(=O)c(C(=O)Nc2cc(Cl)ccc2N2CCN(C)CC2)nn1-c1ccccc1F. The van der Waals surface area contributed by atoms with Gasteiger partial charge in [0.05, 0.1) is 11.4 Å². The average Bonchev–Trinajstić information content (AvgIpc) is 2.75. The molecule has 0 bridgehead atoms. The molecule has 0 atom stereocenters. The fourth-order valence-corrected chi connectivity index (χ4v) is 3.86. The highest BCUT2D eigenvalue weighted by Gasteiger charge is 2.21. The van der Waals surface area contributed by atoms with Crippen LogP contribution in [0.1, 0.15) is 16.2 Å². The molecular weight excluding hydrogens is 433 g/mol. The Kier molecular flexibility index (Phi) is 6.25. The number of hydrogen-bond acceptors (Lipinski definition) is 5. The van der Waals surface area contributed by atoms with Gasteiger partial charge in [0.1, 0.15) is 11.5 Å². The number of nitrogens with one attached hydrogen (secondary N) is 1. The Morgan fingerprint density at radius 2 is 1.78 bits per heavy atom. The maximum absolute atomic E-state index is 14.3. The van der Waals surface area contributed by atoms with Crippen molar-refractivity contribution >= 4 is 28.9 Å². The summed E-state index contributed by atoms with van der Waals surface area (Å²) >= 11 is 6.18. The van der Waals surface area contributed by atoms with E-state index < -0.39 is 17.2 Å². The van der Waals surface area contributed by atoms with Gasteiger partial charge in [-0.05, 0) is 44.3 Å². The number of rotatable bonds is 4. The van der Waals surface area contributed by atoms with Crippen molar-refractivity contribution in [2.75, 3.05) is 43.4 Å². The van der Waals surface area contributed by atoms with Gasteiger partial charge in [0, 0.05) is 43.0 Å². The fraction of sp³-hybridized carbons (Fsp3) is 0.261. The van der Waals surface area contributed by atoms with Crippen LogP contribution in [0.2, 0.25) is 5.02 Å². The molecule has 166 valence electrons. The van der Waals surface area contributed by atoms with Gasteiger partial charge in [0.15, 0.2) is 5.69 Å². The molecule has 2 aromatic carbocycles. The molecule has 0 unspecified atom stereocenters. The van der Waals surface area contributed by atoms with Gasteiger partial charge < -0.3 is 15.1 Å². The number of aryl methyl sites for hydroxylation is 1. The Morgan fingerprint density at radius 1 is 1.06 bits per heavy atom. The lowest BCUT2D eigenvalue weighted by Crippen LogP contribution is -2.44. The predicted molar refractivity (Wildman–Crippen MR) is 124 cm³/mol. The number of halogens is 2.